The molecule has 1 nitrogen and oxygen atoms in total. The Morgan fingerprint density at radius 1 is 1.08 bits per heavy atom. The molecule has 0 aliphatic carbocycles. The quantitative estimate of drug-likeness (QED) is 0.365. The minimum atomic E-state index is 0.322. The van der Waals surface area contributed by atoms with Crippen LogP contribution < -0.4 is 0 Å². The van der Waals surface area contributed by atoms with E-state index in [2.05, 4.69) is 18.4 Å². The van der Waals surface area contributed by atoms with E-state index in [1.54, 1.807) is 0 Å². The lowest BCUT2D eigenvalue weighted by Gasteiger charge is -1.93. The van der Waals surface area contributed by atoms with Crippen molar-refractivity contribution < 1.29 is 5.11 Å². The fraction of sp³-hybridized carbons (Fsp3) is 0.636. The molecule has 0 amide bonds. The van der Waals surface area contributed by atoms with Gasteiger partial charge >= 0.3 is 0 Å². The molecule has 68 valence electrons. The first kappa shape index (κ1) is 11.3. The third-order valence-corrected chi connectivity index (χ3v) is 1.58. The molecular formula is C11H18O. The molecule has 0 fully saturated rings. The van der Waals surface area contributed by atoms with Gasteiger partial charge < -0.3 is 5.11 Å². The number of allylic oxidation sites excluding steroid dienone is 1. The van der Waals surface area contributed by atoms with Crippen molar-refractivity contribution in [2.75, 3.05) is 6.61 Å². The highest BCUT2D eigenvalue weighted by molar-refractivity contribution is 5.02. The van der Waals surface area contributed by atoms with Crippen molar-refractivity contribution in [1.29, 1.82) is 0 Å². The van der Waals surface area contributed by atoms with Crippen LogP contribution in [0.3, 0.4) is 0 Å². The first-order valence-electron chi connectivity index (χ1n) is 4.59. The number of unbranched alkanes of at least 4 members (excludes halogenated alkanes) is 4. The molecule has 0 aliphatic heterocycles. The van der Waals surface area contributed by atoms with E-state index in [0.717, 1.165) is 32.1 Å². The van der Waals surface area contributed by atoms with Crippen LogP contribution in [0.1, 0.15) is 38.5 Å². The van der Waals surface area contributed by atoms with Crippen LogP contribution >= 0.6 is 0 Å². The molecule has 0 heterocycles. The van der Waals surface area contributed by atoms with Gasteiger partial charge in [-0.15, -0.1) is 12.5 Å². The highest BCUT2D eigenvalue weighted by atomic mass is 16.2. The highest BCUT2D eigenvalue weighted by Gasteiger charge is 1.85. The normalized spacial score (nSPS) is 8.75. The number of aliphatic hydroxyl groups excluding tert-OH is 1. The average Bonchev–Trinajstić information content (AvgIpc) is 2.10. The predicted molar refractivity (Wildman–Crippen MR) is 52.8 cm³/mol. The van der Waals surface area contributed by atoms with E-state index in [1.165, 1.54) is 6.42 Å². The minimum Gasteiger partial charge on any atom is -0.396 e. The molecule has 0 aromatic rings. The van der Waals surface area contributed by atoms with E-state index in [9.17, 15) is 0 Å². The largest absolute Gasteiger partial charge is 0.396 e. The second-order valence-electron chi connectivity index (χ2n) is 2.73. The van der Waals surface area contributed by atoms with Crippen LogP contribution in [0.4, 0.5) is 0 Å². The molecule has 1 N–H and O–H groups in total. The first-order valence-corrected chi connectivity index (χ1v) is 4.59. The predicted octanol–water partition coefficient (Wildman–Crippen LogP) is 2.51. The third kappa shape index (κ3) is 9.26. The van der Waals surface area contributed by atoms with E-state index in [4.69, 9.17) is 5.11 Å². The zero-order valence-corrected chi connectivity index (χ0v) is 7.68. The zero-order valence-electron chi connectivity index (χ0n) is 7.68. The highest BCUT2D eigenvalue weighted by Crippen LogP contribution is 2.01. The van der Waals surface area contributed by atoms with Gasteiger partial charge in [0.1, 0.15) is 0 Å². The molecule has 0 unspecified atom stereocenters. The molecule has 0 bridgehead atoms. The summed E-state index contributed by atoms with van der Waals surface area (Å²) in [6.07, 6.45) is 8.00. The lowest BCUT2D eigenvalue weighted by atomic mass is 10.1. The summed E-state index contributed by atoms with van der Waals surface area (Å²) in [7, 11) is 0. The second kappa shape index (κ2) is 10.3. The van der Waals surface area contributed by atoms with E-state index in [-0.39, 0.29) is 0 Å². The maximum absolute atomic E-state index is 8.50. The molecular weight excluding hydrogens is 148 g/mol. The second-order valence-corrected chi connectivity index (χ2v) is 2.73. The Morgan fingerprint density at radius 2 is 1.83 bits per heavy atom. The van der Waals surface area contributed by atoms with Gasteiger partial charge in [0.25, 0.3) is 0 Å². The Labute approximate surface area is 75.5 Å². The number of aliphatic hydroxyl groups is 1. The number of hydrogen-bond donors (Lipinski definition) is 1. The fourth-order valence-corrected chi connectivity index (χ4v) is 0.911. The Balaban J connectivity index is 3.01. The summed E-state index contributed by atoms with van der Waals surface area (Å²) in [4.78, 5) is 0. The summed E-state index contributed by atoms with van der Waals surface area (Å²) in [5, 5.41) is 8.50. The smallest absolute Gasteiger partial charge is 0.0431 e. The summed E-state index contributed by atoms with van der Waals surface area (Å²) in [6, 6.07) is 0. The standard InChI is InChI=1S/C11H18O/c1-2-3-4-5-6-7-8-9-10-11-12/h2,12H,1,3,6-11H2. The minimum absolute atomic E-state index is 0.322. The lowest BCUT2D eigenvalue weighted by Crippen LogP contribution is -1.82. The molecule has 0 spiro atoms. The first-order chi connectivity index (χ1) is 5.91. The SMILES string of the molecule is C=CCC#CCCCCCCO. The topological polar surface area (TPSA) is 20.2 Å². The monoisotopic (exact) mass is 166 g/mol. The van der Waals surface area contributed by atoms with Crippen LogP contribution in [0.5, 0.6) is 0 Å². The van der Waals surface area contributed by atoms with Crippen LogP contribution in [0.2, 0.25) is 0 Å². The van der Waals surface area contributed by atoms with Crippen molar-refractivity contribution in [3.05, 3.63) is 12.7 Å². The fourth-order valence-electron chi connectivity index (χ4n) is 0.911. The van der Waals surface area contributed by atoms with Gasteiger partial charge in [0.05, 0.1) is 0 Å². The van der Waals surface area contributed by atoms with Gasteiger partial charge in [-0.1, -0.05) is 24.8 Å². The van der Waals surface area contributed by atoms with Crippen molar-refractivity contribution >= 4 is 0 Å². The van der Waals surface area contributed by atoms with Gasteiger partial charge in [0.15, 0.2) is 0 Å². The molecule has 1 heteroatoms. The van der Waals surface area contributed by atoms with Gasteiger partial charge in [-0.25, -0.2) is 0 Å². The van der Waals surface area contributed by atoms with Crippen LogP contribution in [0.15, 0.2) is 12.7 Å². The Kier molecular flexibility index (Phi) is 9.63. The molecule has 0 aromatic carbocycles. The molecule has 0 saturated carbocycles. The lowest BCUT2D eigenvalue weighted by molar-refractivity contribution is 0.282. The summed E-state index contributed by atoms with van der Waals surface area (Å²) in [6.45, 7) is 3.91. The molecule has 0 atom stereocenters. The van der Waals surface area contributed by atoms with Gasteiger partial charge in [0, 0.05) is 19.4 Å². The van der Waals surface area contributed by atoms with Crippen molar-refractivity contribution in [3.63, 3.8) is 0 Å². The third-order valence-electron chi connectivity index (χ3n) is 1.58. The van der Waals surface area contributed by atoms with Crippen molar-refractivity contribution in [3.8, 4) is 11.8 Å². The molecule has 0 radical (unpaired) electrons. The van der Waals surface area contributed by atoms with E-state index in [0.29, 0.717) is 6.61 Å². The van der Waals surface area contributed by atoms with Crippen LogP contribution in [0.25, 0.3) is 0 Å². The maximum atomic E-state index is 8.50. The maximum Gasteiger partial charge on any atom is 0.0431 e. The van der Waals surface area contributed by atoms with Crippen molar-refractivity contribution in [2.24, 2.45) is 0 Å². The molecule has 0 saturated heterocycles. The molecule has 0 aromatic heterocycles. The Morgan fingerprint density at radius 3 is 2.50 bits per heavy atom. The molecule has 0 rings (SSSR count). The van der Waals surface area contributed by atoms with Crippen molar-refractivity contribution in [2.45, 2.75) is 38.5 Å². The van der Waals surface area contributed by atoms with Gasteiger partial charge in [-0.05, 0) is 12.8 Å². The Bertz CT molecular complexity index is 150. The zero-order chi connectivity index (χ0) is 9.07. The summed E-state index contributed by atoms with van der Waals surface area (Å²) >= 11 is 0. The summed E-state index contributed by atoms with van der Waals surface area (Å²) < 4.78 is 0. The number of hydrogen-bond acceptors (Lipinski definition) is 1. The van der Waals surface area contributed by atoms with Gasteiger partial charge in [-0.2, -0.15) is 0 Å². The van der Waals surface area contributed by atoms with Crippen LogP contribution in [0, 0.1) is 11.8 Å². The molecule has 0 aliphatic rings. The van der Waals surface area contributed by atoms with E-state index >= 15 is 0 Å². The molecule has 12 heavy (non-hydrogen) atoms. The van der Waals surface area contributed by atoms with Crippen LogP contribution in [-0.4, -0.2) is 11.7 Å². The van der Waals surface area contributed by atoms with Crippen LogP contribution in [-0.2, 0) is 0 Å². The van der Waals surface area contributed by atoms with Gasteiger partial charge in [-0.3, -0.25) is 0 Å². The average molecular weight is 166 g/mol. The van der Waals surface area contributed by atoms with Gasteiger partial charge in [0.2, 0.25) is 0 Å². The summed E-state index contributed by atoms with van der Waals surface area (Å²) in [5.74, 6) is 6.09. The Hall–Kier alpha value is -0.740. The van der Waals surface area contributed by atoms with Crippen molar-refractivity contribution in [1.82, 2.24) is 0 Å². The summed E-state index contributed by atoms with van der Waals surface area (Å²) in [5.41, 5.74) is 0. The van der Waals surface area contributed by atoms with E-state index in [1.807, 2.05) is 6.08 Å². The number of rotatable bonds is 6. The van der Waals surface area contributed by atoms with E-state index < -0.39 is 0 Å².